The molecule has 13 heavy (non-hydrogen) atoms. The minimum atomic E-state index is -2.48. The highest BCUT2D eigenvalue weighted by atomic mass is 19.3. The maximum Gasteiger partial charge on any atom is 0.248 e. The van der Waals surface area contributed by atoms with Crippen molar-refractivity contribution in [2.24, 2.45) is 16.8 Å². The number of alkyl halides is 2. The molecule has 0 aromatic heterocycles. The second-order valence-electron chi connectivity index (χ2n) is 3.38. The lowest BCUT2D eigenvalue weighted by Gasteiger charge is -2.28. The Morgan fingerprint density at radius 1 is 1.46 bits per heavy atom. The van der Waals surface area contributed by atoms with Crippen LogP contribution in [0.2, 0.25) is 0 Å². The Balaban J connectivity index is 2.49. The summed E-state index contributed by atoms with van der Waals surface area (Å²) in [6.45, 7) is 0. The standard InChI is InChI=1S/C8H15F2N3/c1-12-7(13-11)6-2-4-8(9,10)5-3-6/h6H,2-5,11H2,1H3,(H,12,13). The Kier molecular flexibility index (Phi) is 3.19. The number of aliphatic imine (C=N–C) groups is 1. The van der Waals surface area contributed by atoms with Crippen LogP contribution in [0.25, 0.3) is 0 Å². The predicted molar refractivity (Wildman–Crippen MR) is 47.6 cm³/mol. The third-order valence-corrected chi connectivity index (χ3v) is 2.49. The molecule has 3 nitrogen and oxygen atoms in total. The number of hydrogen-bond acceptors (Lipinski definition) is 2. The molecule has 0 bridgehead atoms. The molecule has 0 amide bonds. The van der Waals surface area contributed by atoms with Crippen LogP contribution in [-0.4, -0.2) is 18.8 Å². The Morgan fingerprint density at radius 3 is 2.38 bits per heavy atom. The summed E-state index contributed by atoms with van der Waals surface area (Å²) < 4.78 is 25.5. The number of hydrogen-bond donors (Lipinski definition) is 2. The van der Waals surface area contributed by atoms with Crippen LogP contribution in [0.1, 0.15) is 25.7 Å². The van der Waals surface area contributed by atoms with Gasteiger partial charge in [-0.1, -0.05) is 0 Å². The van der Waals surface area contributed by atoms with E-state index in [-0.39, 0.29) is 18.8 Å². The SMILES string of the molecule is CN=C(NN)C1CCC(F)(F)CC1. The van der Waals surface area contributed by atoms with Crippen LogP contribution in [0.3, 0.4) is 0 Å². The van der Waals surface area contributed by atoms with E-state index in [1.165, 1.54) is 0 Å². The molecule has 1 aliphatic carbocycles. The van der Waals surface area contributed by atoms with Crippen molar-refractivity contribution in [2.45, 2.75) is 31.6 Å². The van der Waals surface area contributed by atoms with Gasteiger partial charge in [0.05, 0.1) is 0 Å². The third-order valence-electron chi connectivity index (χ3n) is 2.49. The summed E-state index contributed by atoms with van der Waals surface area (Å²) in [6, 6.07) is 0. The van der Waals surface area contributed by atoms with Crippen LogP contribution in [0.15, 0.2) is 4.99 Å². The maximum absolute atomic E-state index is 12.8. The van der Waals surface area contributed by atoms with Gasteiger partial charge in [0, 0.05) is 25.8 Å². The molecule has 0 heterocycles. The molecule has 0 saturated heterocycles. The van der Waals surface area contributed by atoms with E-state index in [1.54, 1.807) is 7.05 Å². The quantitative estimate of drug-likeness (QED) is 0.284. The lowest BCUT2D eigenvalue weighted by atomic mass is 9.86. The van der Waals surface area contributed by atoms with Gasteiger partial charge in [-0.2, -0.15) is 0 Å². The molecule has 1 aliphatic rings. The third kappa shape index (κ3) is 2.62. The number of nitrogens with two attached hydrogens (primary N) is 1. The summed E-state index contributed by atoms with van der Waals surface area (Å²) in [5.74, 6) is 3.44. The number of nitrogens with zero attached hydrogens (tertiary/aromatic N) is 1. The number of halogens is 2. The van der Waals surface area contributed by atoms with E-state index in [0.717, 1.165) is 0 Å². The summed E-state index contributed by atoms with van der Waals surface area (Å²) in [5.41, 5.74) is 2.45. The van der Waals surface area contributed by atoms with Gasteiger partial charge in [0.2, 0.25) is 5.92 Å². The molecule has 0 spiro atoms. The molecule has 76 valence electrons. The predicted octanol–water partition coefficient (Wildman–Crippen LogP) is 1.30. The zero-order valence-electron chi connectivity index (χ0n) is 7.69. The van der Waals surface area contributed by atoms with Gasteiger partial charge in [-0.25, -0.2) is 14.6 Å². The van der Waals surface area contributed by atoms with Crippen LogP contribution in [0.5, 0.6) is 0 Å². The second-order valence-corrected chi connectivity index (χ2v) is 3.38. The van der Waals surface area contributed by atoms with Crippen molar-refractivity contribution in [3.05, 3.63) is 0 Å². The maximum atomic E-state index is 12.8. The Bertz CT molecular complexity index is 194. The summed E-state index contributed by atoms with van der Waals surface area (Å²) in [6.07, 6.45) is 0.810. The zero-order valence-corrected chi connectivity index (χ0v) is 7.69. The fraction of sp³-hybridized carbons (Fsp3) is 0.875. The monoisotopic (exact) mass is 191 g/mol. The normalized spacial score (nSPS) is 24.5. The van der Waals surface area contributed by atoms with E-state index >= 15 is 0 Å². The van der Waals surface area contributed by atoms with Crippen molar-refractivity contribution in [1.29, 1.82) is 0 Å². The van der Waals surface area contributed by atoms with Gasteiger partial charge >= 0.3 is 0 Å². The van der Waals surface area contributed by atoms with Crippen molar-refractivity contribution in [1.82, 2.24) is 5.43 Å². The molecule has 1 fully saturated rings. The molecular formula is C8H15F2N3. The molecule has 1 rings (SSSR count). The van der Waals surface area contributed by atoms with E-state index in [0.29, 0.717) is 18.7 Å². The smallest absolute Gasteiger partial charge is 0.248 e. The highest BCUT2D eigenvalue weighted by Gasteiger charge is 2.36. The number of nitrogens with one attached hydrogen (secondary N) is 1. The van der Waals surface area contributed by atoms with Gasteiger partial charge in [-0.15, -0.1) is 0 Å². The zero-order chi connectivity index (χ0) is 9.90. The van der Waals surface area contributed by atoms with Crippen LogP contribution in [-0.2, 0) is 0 Å². The molecule has 0 aliphatic heterocycles. The van der Waals surface area contributed by atoms with Crippen molar-refractivity contribution in [3.63, 3.8) is 0 Å². The second kappa shape index (κ2) is 4.00. The number of hydrazine groups is 1. The first-order valence-corrected chi connectivity index (χ1v) is 4.40. The minimum Gasteiger partial charge on any atom is -0.312 e. The summed E-state index contributed by atoms with van der Waals surface area (Å²) in [4.78, 5) is 3.91. The summed E-state index contributed by atoms with van der Waals surface area (Å²) >= 11 is 0. The van der Waals surface area contributed by atoms with Crippen LogP contribution in [0.4, 0.5) is 8.78 Å². The largest absolute Gasteiger partial charge is 0.312 e. The fourth-order valence-corrected chi connectivity index (χ4v) is 1.68. The first kappa shape index (κ1) is 10.4. The summed E-state index contributed by atoms with van der Waals surface area (Å²) in [5, 5.41) is 0. The van der Waals surface area contributed by atoms with E-state index in [2.05, 4.69) is 10.4 Å². The van der Waals surface area contributed by atoms with E-state index < -0.39 is 5.92 Å². The Hall–Kier alpha value is -0.710. The molecule has 0 radical (unpaired) electrons. The van der Waals surface area contributed by atoms with Crippen molar-refractivity contribution in [2.75, 3.05) is 7.05 Å². The molecule has 3 N–H and O–H groups in total. The topological polar surface area (TPSA) is 50.4 Å². The van der Waals surface area contributed by atoms with Crippen LogP contribution >= 0.6 is 0 Å². The highest BCUT2D eigenvalue weighted by Crippen LogP contribution is 2.36. The molecule has 5 heteroatoms. The molecule has 1 saturated carbocycles. The number of rotatable bonds is 1. The van der Waals surface area contributed by atoms with Gasteiger partial charge < -0.3 is 5.43 Å². The van der Waals surface area contributed by atoms with Crippen molar-refractivity contribution >= 4 is 5.84 Å². The average Bonchev–Trinajstić information content (AvgIpc) is 2.09. The molecule has 0 aromatic rings. The highest BCUT2D eigenvalue weighted by molar-refractivity contribution is 5.83. The Labute approximate surface area is 76.4 Å². The van der Waals surface area contributed by atoms with Crippen molar-refractivity contribution in [3.8, 4) is 0 Å². The van der Waals surface area contributed by atoms with Crippen LogP contribution in [0, 0.1) is 5.92 Å². The summed E-state index contributed by atoms with van der Waals surface area (Å²) in [7, 11) is 1.61. The first-order chi connectivity index (χ1) is 6.09. The molecular weight excluding hydrogens is 176 g/mol. The van der Waals surface area contributed by atoms with E-state index in [1.807, 2.05) is 0 Å². The van der Waals surface area contributed by atoms with E-state index in [4.69, 9.17) is 5.84 Å². The molecule has 0 unspecified atom stereocenters. The molecule has 0 aromatic carbocycles. The van der Waals surface area contributed by atoms with Gasteiger partial charge in [-0.05, 0) is 12.8 Å². The first-order valence-electron chi connectivity index (χ1n) is 4.40. The molecule has 0 atom stereocenters. The van der Waals surface area contributed by atoms with Crippen molar-refractivity contribution < 1.29 is 8.78 Å². The Morgan fingerprint density at radius 2 is 2.00 bits per heavy atom. The van der Waals surface area contributed by atoms with Gasteiger partial charge in [0.1, 0.15) is 5.84 Å². The van der Waals surface area contributed by atoms with Gasteiger partial charge in [0.15, 0.2) is 0 Å². The van der Waals surface area contributed by atoms with E-state index in [9.17, 15) is 8.78 Å². The lowest BCUT2D eigenvalue weighted by molar-refractivity contribution is -0.0396. The number of amidine groups is 1. The lowest BCUT2D eigenvalue weighted by Crippen LogP contribution is -2.39. The minimum absolute atomic E-state index is 0.0572. The average molecular weight is 191 g/mol. The van der Waals surface area contributed by atoms with Gasteiger partial charge in [-0.3, -0.25) is 4.99 Å². The fourth-order valence-electron chi connectivity index (χ4n) is 1.68. The van der Waals surface area contributed by atoms with Crippen LogP contribution < -0.4 is 11.3 Å². The van der Waals surface area contributed by atoms with Gasteiger partial charge in [0.25, 0.3) is 0 Å².